The van der Waals surface area contributed by atoms with Crippen LogP contribution < -0.4 is 0 Å². The van der Waals surface area contributed by atoms with Crippen LogP contribution in [0.2, 0.25) is 0 Å². The summed E-state index contributed by atoms with van der Waals surface area (Å²) < 4.78 is 0. The Hall–Kier alpha value is -0.260. The molecule has 0 saturated heterocycles. The molecule has 0 spiro atoms. The summed E-state index contributed by atoms with van der Waals surface area (Å²) in [4.78, 5) is 0. The monoisotopic (exact) mass is 334 g/mol. The van der Waals surface area contributed by atoms with Crippen molar-refractivity contribution in [2.24, 2.45) is 5.92 Å². The number of hydrogen-bond donors (Lipinski definition) is 0. The standard InChI is InChI=1S/C24H46/c1-2-3-4-5-6-7-8-9-10-11-12-13-14-15-16-18-21-24-22-19-17-20-23-24/h9-10,24H,2-8,11-23H2,1H3/b10-9+. The molecule has 1 aliphatic rings. The van der Waals surface area contributed by atoms with E-state index in [4.69, 9.17) is 0 Å². The highest BCUT2D eigenvalue weighted by molar-refractivity contribution is 4.81. The Kier molecular flexibility index (Phi) is 15.9. The average Bonchev–Trinajstić information content (AvgIpc) is 2.62. The predicted octanol–water partition coefficient (Wildman–Crippen LogP) is 8.99. The molecule has 0 atom stereocenters. The third kappa shape index (κ3) is 14.1. The second kappa shape index (κ2) is 17.6. The van der Waals surface area contributed by atoms with Crippen molar-refractivity contribution >= 4 is 0 Å². The largest absolute Gasteiger partial charge is 0.0885 e. The van der Waals surface area contributed by atoms with E-state index in [0.29, 0.717) is 0 Å². The number of hydrogen-bond acceptors (Lipinski definition) is 0. The van der Waals surface area contributed by atoms with Crippen molar-refractivity contribution in [3.05, 3.63) is 12.2 Å². The molecule has 1 fully saturated rings. The van der Waals surface area contributed by atoms with Gasteiger partial charge in [0.1, 0.15) is 0 Å². The van der Waals surface area contributed by atoms with Gasteiger partial charge in [0.15, 0.2) is 0 Å². The van der Waals surface area contributed by atoms with E-state index in [1.165, 1.54) is 128 Å². The van der Waals surface area contributed by atoms with Gasteiger partial charge in [-0.2, -0.15) is 0 Å². The van der Waals surface area contributed by atoms with Crippen molar-refractivity contribution in [1.29, 1.82) is 0 Å². The fraction of sp³-hybridized carbons (Fsp3) is 0.917. The summed E-state index contributed by atoms with van der Waals surface area (Å²) in [5, 5.41) is 0. The lowest BCUT2D eigenvalue weighted by molar-refractivity contribution is 0.328. The highest BCUT2D eigenvalue weighted by atomic mass is 14.2. The normalized spacial score (nSPS) is 16.2. The molecule has 0 nitrogen and oxygen atoms in total. The molecule has 1 rings (SSSR count). The first-order chi connectivity index (χ1) is 11.9. The van der Waals surface area contributed by atoms with Gasteiger partial charge in [-0.05, 0) is 31.6 Å². The number of rotatable bonds is 16. The predicted molar refractivity (Wildman–Crippen MR) is 111 cm³/mol. The van der Waals surface area contributed by atoms with Crippen LogP contribution in [-0.4, -0.2) is 0 Å². The first-order valence-electron chi connectivity index (χ1n) is 11.6. The van der Waals surface area contributed by atoms with Crippen LogP contribution in [0.5, 0.6) is 0 Å². The zero-order valence-electron chi connectivity index (χ0n) is 16.9. The van der Waals surface area contributed by atoms with Crippen LogP contribution in [0.25, 0.3) is 0 Å². The first kappa shape index (κ1) is 21.8. The van der Waals surface area contributed by atoms with Crippen LogP contribution >= 0.6 is 0 Å². The molecule has 24 heavy (non-hydrogen) atoms. The van der Waals surface area contributed by atoms with E-state index < -0.39 is 0 Å². The van der Waals surface area contributed by atoms with E-state index in [9.17, 15) is 0 Å². The van der Waals surface area contributed by atoms with Crippen LogP contribution in [0.3, 0.4) is 0 Å². The summed E-state index contributed by atoms with van der Waals surface area (Å²) in [5.41, 5.74) is 0. The van der Waals surface area contributed by atoms with Gasteiger partial charge in [-0.3, -0.25) is 0 Å². The van der Waals surface area contributed by atoms with Crippen LogP contribution in [-0.2, 0) is 0 Å². The Bertz CT molecular complexity index is 259. The van der Waals surface area contributed by atoms with Crippen molar-refractivity contribution in [2.45, 2.75) is 135 Å². The molecule has 0 N–H and O–H groups in total. The lowest BCUT2D eigenvalue weighted by Gasteiger charge is -2.21. The molecule has 0 aliphatic heterocycles. The summed E-state index contributed by atoms with van der Waals surface area (Å²) in [5.74, 6) is 1.09. The van der Waals surface area contributed by atoms with Gasteiger partial charge in [0, 0.05) is 0 Å². The summed E-state index contributed by atoms with van der Waals surface area (Å²) in [6, 6.07) is 0. The van der Waals surface area contributed by atoms with Gasteiger partial charge < -0.3 is 0 Å². The van der Waals surface area contributed by atoms with Crippen molar-refractivity contribution in [2.75, 3.05) is 0 Å². The maximum absolute atomic E-state index is 2.44. The van der Waals surface area contributed by atoms with E-state index >= 15 is 0 Å². The first-order valence-corrected chi connectivity index (χ1v) is 11.6. The van der Waals surface area contributed by atoms with E-state index in [1.807, 2.05) is 0 Å². The number of allylic oxidation sites excluding steroid dienone is 2. The highest BCUT2D eigenvalue weighted by Crippen LogP contribution is 2.28. The molecule has 0 aromatic carbocycles. The lowest BCUT2D eigenvalue weighted by Crippen LogP contribution is -2.05. The fourth-order valence-electron chi connectivity index (χ4n) is 4.16. The molecule has 0 bridgehead atoms. The van der Waals surface area contributed by atoms with Crippen molar-refractivity contribution in [3.8, 4) is 0 Å². The zero-order valence-corrected chi connectivity index (χ0v) is 16.9. The average molecular weight is 335 g/mol. The maximum Gasteiger partial charge on any atom is -0.0351 e. The van der Waals surface area contributed by atoms with Crippen molar-refractivity contribution in [3.63, 3.8) is 0 Å². The molecular weight excluding hydrogens is 288 g/mol. The minimum Gasteiger partial charge on any atom is -0.0885 e. The molecule has 142 valence electrons. The third-order valence-corrected chi connectivity index (χ3v) is 5.85. The number of unbranched alkanes of at least 4 members (excludes halogenated alkanes) is 12. The van der Waals surface area contributed by atoms with Crippen LogP contribution in [0, 0.1) is 5.92 Å². The zero-order chi connectivity index (χ0) is 17.1. The second-order valence-corrected chi connectivity index (χ2v) is 8.23. The Balaban J connectivity index is 1.71. The quantitative estimate of drug-likeness (QED) is 0.195. The van der Waals surface area contributed by atoms with Gasteiger partial charge in [0.25, 0.3) is 0 Å². The molecule has 0 radical (unpaired) electrons. The molecule has 1 aliphatic carbocycles. The summed E-state index contributed by atoms with van der Waals surface area (Å²) in [7, 11) is 0. The maximum atomic E-state index is 2.44. The lowest BCUT2D eigenvalue weighted by atomic mass is 9.85. The van der Waals surface area contributed by atoms with Gasteiger partial charge in [-0.25, -0.2) is 0 Å². The van der Waals surface area contributed by atoms with E-state index in [1.54, 1.807) is 0 Å². The summed E-state index contributed by atoms with van der Waals surface area (Å²) in [6.07, 6.45) is 33.9. The van der Waals surface area contributed by atoms with Crippen molar-refractivity contribution < 1.29 is 0 Å². The topological polar surface area (TPSA) is 0 Å². The smallest absolute Gasteiger partial charge is 0.0351 e. The Morgan fingerprint density at radius 1 is 0.583 bits per heavy atom. The van der Waals surface area contributed by atoms with E-state index in [-0.39, 0.29) is 0 Å². The van der Waals surface area contributed by atoms with Gasteiger partial charge >= 0.3 is 0 Å². The molecule has 1 saturated carbocycles. The highest BCUT2D eigenvalue weighted by Gasteiger charge is 2.12. The van der Waals surface area contributed by atoms with Crippen LogP contribution in [0.15, 0.2) is 12.2 Å². The molecule has 0 aromatic heterocycles. The third-order valence-electron chi connectivity index (χ3n) is 5.85. The molecule has 0 amide bonds. The minimum absolute atomic E-state index is 1.09. The Morgan fingerprint density at radius 3 is 1.67 bits per heavy atom. The Labute approximate surface area is 153 Å². The summed E-state index contributed by atoms with van der Waals surface area (Å²) in [6.45, 7) is 2.29. The molecule has 0 unspecified atom stereocenters. The fourth-order valence-corrected chi connectivity index (χ4v) is 4.16. The Morgan fingerprint density at radius 2 is 1.08 bits per heavy atom. The molecular formula is C24H46. The van der Waals surface area contributed by atoms with Gasteiger partial charge in [-0.15, -0.1) is 0 Å². The molecule has 0 heterocycles. The summed E-state index contributed by atoms with van der Waals surface area (Å²) >= 11 is 0. The van der Waals surface area contributed by atoms with Gasteiger partial charge in [-0.1, -0.05) is 122 Å². The molecule has 0 aromatic rings. The van der Waals surface area contributed by atoms with Crippen LogP contribution in [0.4, 0.5) is 0 Å². The van der Waals surface area contributed by atoms with Gasteiger partial charge in [0.2, 0.25) is 0 Å². The van der Waals surface area contributed by atoms with E-state index in [0.717, 1.165) is 5.92 Å². The SMILES string of the molecule is CCCCCCCC/C=C/CCCCCCCCC1CCCCC1. The van der Waals surface area contributed by atoms with Crippen molar-refractivity contribution in [1.82, 2.24) is 0 Å². The van der Waals surface area contributed by atoms with Crippen LogP contribution in [0.1, 0.15) is 135 Å². The minimum atomic E-state index is 1.09. The van der Waals surface area contributed by atoms with E-state index in [2.05, 4.69) is 19.1 Å². The second-order valence-electron chi connectivity index (χ2n) is 8.23. The van der Waals surface area contributed by atoms with Gasteiger partial charge in [0.05, 0.1) is 0 Å². The molecule has 0 heteroatoms.